The smallest absolute Gasteiger partial charge is 0.257 e. The zero-order chi connectivity index (χ0) is 25.3. The summed E-state index contributed by atoms with van der Waals surface area (Å²) in [5.41, 5.74) is 2.05. The van der Waals surface area contributed by atoms with Gasteiger partial charge in [-0.25, -0.2) is 13.1 Å². The Kier molecular flexibility index (Phi) is 9.36. The third-order valence-electron chi connectivity index (χ3n) is 4.90. The maximum absolute atomic E-state index is 12.5. The molecule has 7 nitrogen and oxygen atoms in total. The van der Waals surface area contributed by atoms with Crippen LogP contribution in [0.1, 0.15) is 29.8 Å². The van der Waals surface area contributed by atoms with E-state index in [1.54, 1.807) is 36.4 Å². The average Bonchev–Trinajstić information content (AvgIpc) is 2.84. The van der Waals surface area contributed by atoms with E-state index < -0.39 is 10.0 Å². The Balaban J connectivity index is 1.49. The maximum Gasteiger partial charge on any atom is 0.257 e. The first-order valence-electron chi connectivity index (χ1n) is 11.2. The van der Waals surface area contributed by atoms with Gasteiger partial charge in [0.05, 0.1) is 11.5 Å². The maximum atomic E-state index is 12.5. The van der Waals surface area contributed by atoms with E-state index in [1.807, 2.05) is 30.3 Å². The molecule has 0 unspecified atom stereocenters. The second kappa shape index (κ2) is 12.4. The monoisotopic (exact) mass is 511 g/mol. The highest BCUT2D eigenvalue weighted by atomic mass is 32.2. The summed E-state index contributed by atoms with van der Waals surface area (Å²) in [7, 11) is -3.63. The van der Waals surface area contributed by atoms with Crippen LogP contribution in [0.15, 0.2) is 83.8 Å². The summed E-state index contributed by atoms with van der Waals surface area (Å²) >= 11 is 5.22. The molecule has 0 aliphatic rings. The second-order valence-electron chi connectivity index (χ2n) is 8.30. The highest BCUT2D eigenvalue weighted by Gasteiger charge is 2.14. The number of hydrogen-bond acceptors (Lipinski definition) is 5. The zero-order valence-corrected chi connectivity index (χ0v) is 21.3. The third kappa shape index (κ3) is 8.47. The van der Waals surface area contributed by atoms with E-state index in [2.05, 4.69) is 29.2 Å². The number of hydrogen-bond donors (Lipinski definition) is 3. The van der Waals surface area contributed by atoms with E-state index in [9.17, 15) is 13.2 Å². The molecule has 35 heavy (non-hydrogen) atoms. The number of nitrogens with one attached hydrogen (secondary N) is 3. The van der Waals surface area contributed by atoms with E-state index in [0.29, 0.717) is 42.5 Å². The van der Waals surface area contributed by atoms with E-state index in [-0.39, 0.29) is 15.9 Å². The number of rotatable bonds is 10. The van der Waals surface area contributed by atoms with Gasteiger partial charge in [0, 0.05) is 17.8 Å². The van der Waals surface area contributed by atoms with Crippen LogP contribution in [0, 0.1) is 5.92 Å². The number of thiocarbonyl (C=S) groups is 1. The summed E-state index contributed by atoms with van der Waals surface area (Å²) in [6.45, 7) is 5.02. The normalized spacial score (nSPS) is 11.2. The lowest BCUT2D eigenvalue weighted by Crippen LogP contribution is -2.34. The van der Waals surface area contributed by atoms with Crippen molar-refractivity contribution in [2.75, 3.05) is 18.5 Å². The van der Waals surface area contributed by atoms with Gasteiger partial charge in [-0.15, -0.1) is 0 Å². The van der Waals surface area contributed by atoms with Gasteiger partial charge in [0.1, 0.15) is 5.75 Å². The van der Waals surface area contributed by atoms with Crippen LogP contribution < -0.4 is 20.1 Å². The van der Waals surface area contributed by atoms with Crippen molar-refractivity contribution < 1.29 is 17.9 Å². The molecule has 0 aliphatic heterocycles. The van der Waals surface area contributed by atoms with Crippen LogP contribution in [0.5, 0.6) is 5.75 Å². The van der Waals surface area contributed by atoms with Gasteiger partial charge in [0.15, 0.2) is 5.11 Å². The van der Waals surface area contributed by atoms with Crippen molar-refractivity contribution in [2.45, 2.75) is 25.2 Å². The van der Waals surface area contributed by atoms with Crippen LogP contribution in [0.25, 0.3) is 0 Å². The first kappa shape index (κ1) is 26.3. The van der Waals surface area contributed by atoms with E-state index in [0.717, 1.165) is 5.56 Å². The molecule has 0 bridgehead atoms. The van der Waals surface area contributed by atoms with Crippen LogP contribution in [-0.2, 0) is 16.4 Å². The Morgan fingerprint density at radius 2 is 1.60 bits per heavy atom. The largest absolute Gasteiger partial charge is 0.493 e. The quantitative estimate of drug-likeness (QED) is 0.350. The van der Waals surface area contributed by atoms with Crippen LogP contribution >= 0.6 is 12.2 Å². The zero-order valence-electron chi connectivity index (χ0n) is 19.7. The Morgan fingerprint density at radius 1 is 0.943 bits per heavy atom. The topological polar surface area (TPSA) is 96.5 Å². The van der Waals surface area contributed by atoms with Crippen molar-refractivity contribution in [3.63, 3.8) is 0 Å². The number of carbonyl (C=O) groups is 1. The lowest BCUT2D eigenvalue weighted by molar-refractivity contribution is 0.0977. The molecule has 0 saturated heterocycles. The van der Waals surface area contributed by atoms with Crippen LogP contribution in [-0.4, -0.2) is 32.6 Å². The summed E-state index contributed by atoms with van der Waals surface area (Å²) in [5.74, 6) is 0.742. The van der Waals surface area contributed by atoms with E-state index >= 15 is 0 Å². The molecule has 0 saturated carbocycles. The van der Waals surface area contributed by atoms with Crippen molar-refractivity contribution in [1.29, 1.82) is 0 Å². The first-order chi connectivity index (χ1) is 16.7. The Bertz CT molecular complexity index is 1230. The van der Waals surface area contributed by atoms with Crippen molar-refractivity contribution in [3.8, 4) is 5.75 Å². The summed E-state index contributed by atoms with van der Waals surface area (Å²) < 4.78 is 33.3. The minimum Gasteiger partial charge on any atom is -0.493 e. The average molecular weight is 512 g/mol. The molecule has 3 rings (SSSR count). The van der Waals surface area contributed by atoms with Gasteiger partial charge in [0.25, 0.3) is 5.91 Å². The van der Waals surface area contributed by atoms with E-state index in [1.165, 1.54) is 12.1 Å². The molecule has 0 atom stereocenters. The minimum absolute atomic E-state index is 0.103. The fraction of sp³-hybridized carbons (Fsp3) is 0.231. The highest BCUT2D eigenvalue weighted by molar-refractivity contribution is 7.89. The molecule has 0 fully saturated rings. The van der Waals surface area contributed by atoms with Crippen molar-refractivity contribution >= 4 is 38.9 Å². The summed E-state index contributed by atoms with van der Waals surface area (Å²) in [5, 5.41) is 5.61. The van der Waals surface area contributed by atoms with Gasteiger partial charge in [-0.1, -0.05) is 44.2 Å². The Morgan fingerprint density at radius 3 is 2.23 bits per heavy atom. The minimum atomic E-state index is -3.63. The Hall–Kier alpha value is -3.27. The molecule has 9 heteroatoms. The molecule has 184 valence electrons. The predicted molar refractivity (Wildman–Crippen MR) is 142 cm³/mol. The van der Waals surface area contributed by atoms with Gasteiger partial charge in [-0.2, -0.15) is 0 Å². The molecule has 3 aromatic rings. The number of benzene rings is 3. The van der Waals surface area contributed by atoms with Crippen LogP contribution in [0.3, 0.4) is 0 Å². The highest BCUT2D eigenvalue weighted by Crippen LogP contribution is 2.15. The second-order valence-corrected chi connectivity index (χ2v) is 10.5. The lowest BCUT2D eigenvalue weighted by atomic mass is 10.2. The first-order valence-corrected chi connectivity index (χ1v) is 13.1. The predicted octanol–water partition coefficient (Wildman–Crippen LogP) is 4.37. The Labute approximate surface area is 212 Å². The molecule has 0 heterocycles. The van der Waals surface area contributed by atoms with Crippen molar-refractivity contribution in [2.24, 2.45) is 5.92 Å². The third-order valence-corrected chi connectivity index (χ3v) is 6.58. The van der Waals surface area contributed by atoms with Gasteiger partial charge < -0.3 is 10.1 Å². The van der Waals surface area contributed by atoms with Crippen LogP contribution in [0.2, 0.25) is 0 Å². The van der Waals surface area contributed by atoms with Gasteiger partial charge in [-0.05, 0) is 78.7 Å². The summed E-state index contributed by atoms with van der Waals surface area (Å²) in [6.07, 6.45) is 0.599. The molecule has 0 aliphatic carbocycles. The fourth-order valence-corrected chi connectivity index (χ4v) is 4.32. The van der Waals surface area contributed by atoms with Gasteiger partial charge >= 0.3 is 0 Å². The fourth-order valence-electron chi connectivity index (χ4n) is 3.08. The summed E-state index contributed by atoms with van der Waals surface area (Å²) in [4.78, 5) is 12.6. The SMILES string of the molecule is CC(C)COc1ccc(C(=O)NC(=S)Nc2ccc(S(=O)(=O)NCCc3ccccc3)cc2)cc1. The molecule has 0 aromatic heterocycles. The van der Waals surface area contributed by atoms with Crippen molar-refractivity contribution in [3.05, 3.63) is 90.0 Å². The number of sulfonamides is 1. The van der Waals surface area contributed by atoms with Gasteiger partial charge in [0.2, 0.25) is 10.0 Å². The van der Waals surface area contributed by atoms with E-state index in [4.69, 9.17) is 17.0 Å². The lowest BCUT2D eigenvalue weighted by Gasteiger charge is -2.12. The number of carbonyl (C=O) groups excluding carboxylic acids is 1. The number of anilines is 1. The van der Waals surface area contributed by atoms with Gasteiger partial charge in [-0.3, -0.25) is 10.1 Å². The molecule has 0 radical (unpaired) electrons. The molecular weight excluding hydrogens is 482 g/mol. The molecular formula is C26H29N3O4S2. The number of ether oxygens (including phenoxy) is 1. The molecule has 3 aromatic carbocycles. The molecule has 0 spiro atoms. The molecule has 1 amide bonds. The van der Waals surface area contributed by atoms with Crippen molar-refractivity contribution in [1.82, 2.24) is 10.0 Å². The summed E-state index contributed by atoms with van der Waals surface area (Å²) in [6, 6.07) is 22.6. The molecule has 3 N–H and O–H groups in total. The number of amides is 1. The standard InChI is InChI=1S/C26H29N3O4S2/c1-19(2)18-33-23-12-8-21(9-13-23)25(30)29-26(34)28-22-10-14-24(15-11-22)35(31,32)27-17-16-20-6-4-3-5-7-20/h3-15,19,27H,16-18H2,1-2H3,(H2,28,29,30,34). The van der Waals surface area contributed by atoms with Crippen LogP contribution in [0.4, 0.5) is 5.69 Å².